The van der Waals surface area contributed by atoms with Crippen molar-refractivity contribution >= 4 is 26.0 Å². The molecule has 0 aliphatic rings. The molecule has 0 amide bonds. The summed E-state index contributed by atoms with van der Waals surface area (Å²) >= 11 is -4.67. The molecule has 0 atom stereocenters. The van der Waals surface area contributed by atoms with Crippen LogP contribution in [0.25, 0.3) is 20.9 Å². The van der Waals surface area contributed by atoms with E-state index in [1.54, 1.807) is 0 Å². The fourth-order valence-electron chi connectivity index (χ4n) is 1.29. The van der Waals surface area contributed by atoms with Crippen molar-refractivity contribution in [3.05, 3.63) is 44.6 Å². The number of nitrogens with zero attached hydrogens (tertiary/aromatic N) is 6. The Hall–Kier alpha value is -2.42. The normalized spacial score (nSPS) is 14.1. The van der Waals surface area contributed by atoms with Crippen molar-refractivity contribution in [2.75, 3.05) is 0 Å². The van der Waals surface area contributed by atoms with Crippen LogP contribution in [0.2, 0.25) is 0 Å². The molecule has 0 aromatic rings. The molecule has 10 nitrogen and oxygen atoms in total. The second kappa shape index (κ2) is 8.69. The van der Waals surface area contributed by atoms with E-state index in [4.69, 9.17) is 18.6 Å². The molecule has 0 unspecified atom stereocenters. The Morgan fingerprint density at radius 3 is 1.48 bits per heavy atom. The van der Waals surface area contributed by atoms with Crippen molar-refractivity contribution in [3.8, 4) is 0 Å². The van der Waals surface area contributed by atoms with E-state index in [1.807, 2.05) is 0 Å². The van der Waals surface area contributed by atoms with Crippen LogP contribution < -0.4 is 0 Å². The third-order valence-electron chi connectivity index (χ3n) is 1.74. The summed E-state index contributed by atoms with van der Waals surface area (Å²) in [6.07, 6.45) is 2.26. The molecule has 0 radical (unpaired) electrons. The minimum absolute atomic E-state index is 0.0814. The molecule has 11 heteroatoms. The zero-order valence-electron chi connectivity index (χ0n) is 12.0. The van der Waals surface area contributed by atoms with Gasteiger partial charge in [-0.2, -0.15) is 0 Å². The summed E-state index contributed by atoms with van der Waals surface area (Å²) in [7, 11) is 0. The monoisotopic (exact) mass is 356 g/mol. The number of azide groups is 1. The zero-order chi connectivity index (χ0) is 16.5. The van der Waals surface area contributed by atoms with Crippen molar-refractivity contribution in [3.63, 3.8) is 0 Å². The van der Waals surface area contributed by atoms with Crippen LogP contribution in [0.4, 0.5) is 0 Å². The fraction of sp³-hybridized carbons (Fsp3) is 0.400. The minimum atomic E-state index is -4.67. The predicted molar refractivity (Wildman–Crippen MR) is 75.1 cm³/mol. The summed E-state index contributed by atoms with van der Waals surface area (Å²) in [5, 5.41) is 0. The Kier molecular flexibility index (Phi) is 7.69. The Labute approximate surface area is 124 Å². The van der Waals surface area contributed by atoms with E-state index in [9.17, 15) is 9.59 Å². The summed E-state index contributed by atoms with van der Waals surface area (Å²) in [5.41, 5.74) is 17.2. The van der Waals surface area contributed by atoms with Gasteiger partial charge in [-0.05, 0) is 0 Å². The van der Waals surface area contributed by atoms with Gasteiger partial charge in [-0.15, -0.1) is 0 Å². The van der Waals surface area contributed by atoms with Gasteiger partial charge in [-0.25, -0.2) is 0 Å². The van der Waals surface area contributed by atoms with Gasteiger partial charge in [0, 0.05) is 0 Å². The van der Waals surface area contributed by atoms with Gasteiger partial charge in [-0.1, -0.05) is 0 Å². The number of hydrogen-bond acceptors (Lipinski definition) is 6. The van der Waals surface area contributed by atoms with Crippen LogP contribution in [0.1, 0.15) is 27.7 Å². The molecule has 112 valence electrons. The molecule has 0 aromatic carbocycles. The molecular formula is C10H14GeN6O4. The number of ketones is 2. The molecule has 0 heterocycles. The number of carbonyl (C=O) groups is 2. The average Bonchev–Trinajstić information content (AvgIpc) is 2.26. The predicted octanol–water partition coefficient (Wildman–Crippen LogP) is 3.06. The number of hydrogen-bond donors (Lipinski definition) is 0. The van der Waals surface area contributed by atoms with Gasteiger partial charge in [0.05, 0.1) is 0 Å². The first-order valence-corrected chi connectivity index (χ1v) is 9.22. The molecule has 0 saturated heterocycles. The summed E-state index contributed by atoms with van der Waals surface area (Å²) in [5.74, 6) is -0.445. The van der Waals surface area contributed by atoms with Gasteiger partial charge in [0.1, 0.15) is 0 Å². The topological polar surface area (TPSA) is 150 Å². The molecule has 0 N–H and O–H groups in total. The first kappa shape index (κ1) is 18.6. The molecule has 0 aliphatic heterocycles. The average molecular weight is 355 g/mol. The Balaban J connectivity index is 5.66. The van der Waals surface area contributed by atoms with Crippen LogP contribution in [0.15, 0.2) is 31.8 Å². The standard InChI is InChI=1S/C10H14GeN6O4/c1-7(18)5-9(3)20-11(14-16-12,15-17-13)21-10(4)6-8(2)19/h5-6H,1-4H3/b9-5-,10-6-. The molecule has 21 heavy (non-hydrogen) atoms. The molecule has 0 saturated carbocycles. The quantitative estimate of drug-likeness (QED) is 0.164. The molecule has 0 spiro atoms. The Bertz CT molecular complexity index is 534. The third-order valence-corrected chi connectivity index (χ3v) is 5.65. The Morgan fingerprint density at radius 2 is 1.24 bits per heavy atom. The van der Waals surface area contributed by atoms with Crippen molar-refractivity contribution in [1.82, 2.24) is 0 Å². The van der Waals surface area contributed by atoms with Crippen molar-refractivity contribution in [2.45, 2.75) is 27.7 Å². The first-order valence-electron chi connectivity index (χ1n) is 5.63. The van der Waals surface area contributed by atoms with Gasteiger partial charge in [0.25, 0.3) is 0 Å². The Morgan fingerprint density at radius 1 is 0.905 bits per heavy atom. The van der Waals surface area contributed by atoms with Gasteiger partial charge >= 0.3 is 123 Å². The maximum absolute atomic E-state index is 11.0. The summed E-state index contributed by atoms with van der Waals surface area (Å²) in [6.45, 7) is 5.44. The summed E-state index contributed by atoms with van der Waals surface area (Å²) in [6, 6.07) is 0. The molecule has 0 aromatic heterocycles. The number of rotatable bonds is 8. The number of carbonyl (C=O) groups excluding carboxylic acids is 2. The maximum atomic E-state index is 11.0. The van der Waals surface area contributed by atoms with Crippen LogP contribution in [-0.4, -0.2) is 26.0 Å². The SMILES string of the molecule is CC(=O)/C=C(/C)[O][Ge]([N]=[N+]=[N-])([N]=[N+]=[N-])[O]/C(C)=C\C(C)=O. The van der Waals surface area contributed by atoms with Gasteiger partial charge in [0.15, 0.2) is 0 Å². The van der Waals surface area contributed by atoms with Crippen molar-refractivity contribution in [1.29, 1.82) is 0 Å². The van der Waals surface area contributed by atoms with E-state index >= 15 is 0 Å². The van der Waals surface area contributed by atoms with Crippen molar-refractivity contribution < 1.29 is 17.1 Å². The van der Waals surface area contributed by atoms with Gasteiger partial charge in [-0.3, -0.25) is 0 Å². The fourth-order valence-corrected chi connectivity index (χ4v) is 4.28. The van der Waals surface area contributed by atoms with E-state index in [2.05, 4.69) is 18.0 Å². The van der Waals surface area contributed by atoms with Crippen LogP contribution in [-0.2, 0) is 17.1 Å². The molecule has 0 aliphatic carbocycles. The second-order valence-electron chi connectivity index (χ2n) is 3.86. The van der Waals surface area contributed by atoms with Gasteiger partial charge in [0.2, 0.25) is 0 Å². The number of allylic oxidation sites excluding steroid dienone is 4. The third kappa shape index (κ3) is 7.68. The van der Waals surface area contributed by atoms with Crippen LogP contribution in [0.3, 0.4) is 0 Å². The van der Waals surface area contributed by atoms with E-state index in [1.165, 1.54) is 27.7 Å². The van der Waals surface area contributed by atoms with Gasteiger partial charge < -0.3 is 0 Å². The van der Waals surface area contributed by atoms with E-state index in [0.717, 1.165) is 12.2 Å². The molecule has 0 bridgehead atoms. The summed E-state index contributed by atoms with van der Waals surface area (Å²) < 4.78 is 17.3. The van der Waals surface area contributed by atoms with Crippen LogP contribution >= 0.6 is 0 Å². The van der Waals surface area contributed by atoms with E-state index in [0.29, 0.717) is 0 Å². The first-order chi connectivity index (χ1) is 9.74. The molecular weight excluding hydrogens is 341 g/mol. The summed E-state index contributed by atoms with van der Waals surface area (Å²) in [4.78, 5) is 27.1. The zero-order valence-corrected chi connectivity index (χ0v) is 14.1. The second-order valence-corrected chi connectivity index (χ2v) is 7.86. The van der Waals surface area contributed by atoms with Crippen LogP contribution in [0, 0.1) is 0 Å². The van der Waals surface area contributed by atoms with Crippen molar-refractivity contribution in [2.24, 2.45) is 8.14 Å². The van der Waals surface area contributed by atoms with E-state index < -0.39 is 14.4 Å². The van der Waals surface area contributed by atoms with Crippen LogP contribution in [0.5, 0.6) is 0 Å². The van der Waals surface area contributed by atoms with E-state index in [-0.39, 0.29) is 23.1 Å². The molecule has 0 fully saturated rings. The molecule has 0 rings (SSSR count).